The molecule has 12 aromatic rings. The molecule has 0 aliphatic rings. The second-order valence-corrected chi connectivity index (χ2v) is 32.9. The molecule has 0 aliphatic heterocycles. The summed E-state index contributed by atoms with van der Waals surface area (Å²) < 4.78 is 274. The van der Waals surface area contributed by atoms with Crippen molar-refractivity contribution in [3.05, 3.63) is 170 Å². The van der Waals surface area contributed by atoms with Crippen LogP contribution in [0.15, 0.2) is 250 Å². The van der Waals surface area contributed by atoms with Crippen molar-refractivity contribution in [2.75, 3.05) is 11.5 Å². The van der Waals surface area contributed by atoms with E-state index in [0.717, 1.165) is 54.6 Å². The van der Waals surface area contributed by atoms with Crippen molar-refractivity contribution in [2.24, 2.45) is 40.9 Å². The van der Waals surface area contributed by atoms with Gasteiger partial charge in [-0.05, 0) is 154 Å². The summed E-state index contributed by atoms with van der Waals surface area (Å²) in [5.41, 5.74) is 8.69. The topological polar surface area (TPSA) is 638 Å². The van der Waals surface area contributed by atoms with Crippen LogP contribution in [0.4, 0.5) is 56.9 Å². The van der Waals surface area contributed by atoms with E-state index >= 15 is 0 Å². The van der Waals surface area contributed by atoms with Gasteiger partial charge in [0.15, 0.2) is 5.75 Å². The zero-order valence-electron chi connectivity index (χ0n) is 55.0. The number of nitrogens with two attached hydrogens (primary N) is 2. The second-order valence-electron chi connectivity index (χ2n) is 21.8. The molecular weight excluding hydrogens is 1560 g/mol. The van der Waals surface area contributed by atoms with Crippen molar-refractivity contribution in [1.82, 2.24) is 0 Å². The van der Waals surface area contributed by atoms with Gasteiger partial charge in [-0.15, -0.1) is 30.7 Å². The molecule has 0 saturated carbocycles. The number of fused-ring (bicyclic) bond motifs is 6. The molecule has 0 saturated heterocycles. The number of nitrogen functional groups attached to an aromatic ring is 2. The standard InChI is InChI=1S/2C30H21N5O13S4.4Li/c2*31-23-14-21-16(11-27(23)51(43,44)45)12-28(52(46,47)48)29(30(21)36)35-34-25-9-8-24(20-7-5-18(13-22(20)25)49(37,38)39)33-32-17-4-6-19-15(10-17)2-1-3-26(19)50(40,41)42;;;;/h2*1-14,36H,31H2,(H,37,38,39)(H,40,41,42)(H,43,44,45)(H,46,47,48);;;;/q;;4*+1/p-4. The molecule has 0 unspecified atom stereocenters. The molecule has 0 bridgehead atoms. The van der Waals surface area contributed by atoms with Gasteiger partial charge in [0.25, 0.3) is 50.6 Å². The molecule has 0 amide bonds. The molecule has 0 aliphatic carbocycles. The molecule has 0 fully saturated rings. The molecule has 536 valence electrons. The molecule has 108 heavy (non-hydrogen) atoms. The summed E-state index contributed by atoms with van der Waals surface area (Å²) in [6.45, 7) is 0. The Morgan fingerprint density at radius 1 is 0.287 bits per heavy atom. The maximum absolute atomic E-state index is 13.4. The molecule has 0 heterocycles. The predicted molar refractivity (Wildman–Crippen MR) is 363 cm³/mol. The fourth-order valence-electron chi connectivity index (χ4n) is 10.5. The van der Waals surface area contributed by atoms with Crippen LogP contribution in [0.25, 0.3) is 64.6 Å². The third-order valence-electron chi connectivity index (χ3n) is 15.2. The third kappa shape index (κ3) is 18.5. The Hall–Kier alpha value is -8.53. The fraction of sp³-hybridized carbons (Fsp3) is 0. The predicted octanol–water partition coefficient (Wildman–Crippen LogP) is -1.14. The van der Waals surface area contributed by atoms with Gasteiger partial charge in [0.2, 0.25) is 0 Å². The van der Waals surface area contributed by atoms with Crippen LogP contribution in [0.3, 0.4) is 0 Å². The van der Waals surface area contributed by atoms with Crippen molar-refractivity contribution in [3.63, 3.8) is 0 Å². The zero-order valence-corrected chi connectivity index (χ0v) is 61.5. The minimum Gasteiger partial charge on any atom is -0.871 e. The van der Waals surface area contributed by atoms with Crippen molar-refractivity contribution in [2.45, 2.75) is 39.2 Å². The van der Waals surface area contributed by atoms with E-state index in [4.69, 9.17) is 11.5 Å². The van der Waals surface area contributed by atoms with E-state index < -0.39 is 160 Å². The van der Waals surface area contributed by atoms with Gasteiger partial charge in [-0.3, -0.25) is 22.8 Å². The summed E-state index contributed by atoms with van der Waals surface area (Å²) in [4.78, 5) is -5.94. The van der Waals surface area contributed by atoms with E-state index in [0.29, 0.717) is 22.9 Å². The molecule has 12 aromatic carbocycles. The van der Waals surface area contributed by atoms with Gasteiger partial charge in [-0.25, -0.2) is 25.3 Å². The largest absolute Gasteiger partial charge is 1.00 e. The van der Waals surface area contributed by atoms with E-state index in [1.165, 1.54) is 91.0 Å². The number of rotatable bonds is 16. The number of azo groups is 4. The Morgan fingerprint density at radius 3 is 1.10 bits per heavy atom. The van der Waals surface area contributed by atoms with Crippen molar-refractivity contribution in [1.29, 1.82) is 0 Å². The average molecular weight is 1600 g/mol. The van der Waals surface area contributed by atoms with Crippen molar-refractivity contribution >= 4 is 202 Å². The maximum atomic E-state index is 13.4. The van der Waals surface area contributed by atoms with E-state index in [1.807, 2.05) is 0 Å². The number of phenolic OH excluding ortho intramolecular Hbond substituents is 1. The fourth-order valence-corrected chi connectivity index (χ4v) is 15.5. The molecule has 12 rings (SSSR count). The van der Waals surface area contributed by atoms with Crippen LogP contribution in [0, 0.1) is 0 Å². The van der Waals surface area contributed by atoms with Gasteiger partial charge in [-0.1, -0.05) is 54.3 Å². The summed E-state index contributed by atoms with van der Waals surface area (Å²) in [5, 5.41) is 56.5. The molecule has 10 N–H and O–H groups in total. The van der Waals surface area contributed by atoms with Crippen LogP contribution < -0.4 is 92.0 Å². The van der Waals surface area contributed by atoms with E-state index in [2.05, 4.69) is 40.9 Å². The molecule has 0 radical (unpaired) electrons. The monoisotopic (exact) mass is 1600 g/mol. The molecule has 48 heteroatoms. The minimum absolute atomic E-state index is 0. The number of hydrogen-bond donors (Lipinski definition) is 8. The van der Waals surface area contributed by atoms with E-state index in [9.17, 15) is 114 Å². The Balaban J connectivity index is 0.000000290. The van der Waals surface area contributed by atoms with Gasteiger partial charge in [-0.2, -0.15) is 52.3 Å². The maximum Gasteiger partial charge on any atom is 1.00 e. The number of phenols is 1. The van der Waals surface area contributed by atoms with Gasteiger partial charge in [0, 0.05) is 38.0 Å². The second kappa shape index (κ2) is 31.8. The first kappa shape index (κ1) is 86.7. The SMILES string of the molecule is Nc1cc2c(O)c(N=Nc3ccc(N=Nc4ccc5c(S(=O)(=O)O)cccc5c4)c4ccc(S(=O)(=O)O)cc34)c(S(=O)(=O)O)cc2cc1S(=O)(=O)O.Nc1cc2c([O-])c(N=Nc3ccc(N=Nc4ccc5c(S(=O)(=O)[O-])cccc5c4)c4ccc(S(=O)(=O)[O-])cc34)c(S(=O)(=O)O)cc2cc1S(=O)(=O)[O-].[Li+].[Li+].[Li+].[Li+]. The number of anilines is 2. The van der Waals surface area contributed by atoms with E-state index in [-0.39, 0.29) is 158 Å². The molecule has 36 nitrogen and oxygen atoms in total. The third-order valence-corrected chi connectivity index (χ3v) is 22.2. The number of nitrogens with zero attached hydrogens (tertiary/aromatic N) is 8. The Kier molecular flexibility index (Phi) is 25.5. The Bertz CT molecular complexity index is 6520. The molecule has 0 aromatic heterocycles. The van der Waals surface area contributed by atoms with Crippen molar-refractivity contribution < 1.29 is 189 Å². The van der Waals surface area contributed by atoms with Crippen LogP contribution >= 0.6 is 0 Å². The van der Waals surface area contributed by atoms with Gasteiger partial charge >= 0.3 is 75.4 Å². The quantitative estimate of drug-likeness (QED) is 0.0245. The normalized spacial score (nSPS) is 12.7. The summed E-state index contributed by atoms with van der Waals surface area (Å²) in [7, 11) is -39.6. The van der Waals surface area contributed by atoms with Crippen LogP contribution in [0.5, 0.6) is 11.5 Å². The summed E-state index contributed by atoms with van der Waals surface area (Å²) >= 11 is 0. The number of benzene rings is 12. The van der Waals surface area contributed by atoms with Gasteiger partial charge < -0.3 is 35.3 Å². The van der Waals surface area contributed by atoms with E-state index in [1.54, 1.807) is 12.1 Å². The smallest absolute Gasteiger partial charge is 0.871 e. The summed E-state index contributed by atoms with van der Waals surface area (Å²) in [6.07, 6.45) is 0. The first-order valence-corrected chi connectivity index (χ1v) is 39.5. The first-order chi connectivity index (χ1) is 48.2. The number of hydrogen-bond acceptors (Lipinski definition) is 31. The van der Waals surface area contributed by atoms with Gasteiger partial charge in [0.05, 0.1) is 65.1 Å². The molecule has 0 spiro atoms. The van der Waals surface area contributed by atoms with Crippen molar-refractivity contribution in [3.8, 4) is 11.5 Å². The van der Waals surface area contributed by atoms with Crippen LogP contribution in [-0.2, 0) is 80.9 Å². The Morgan fingerprint density at radius 2 is 0.648 bits per heavy atom. The molecule has 0 atom stereocenters. The zero-order chi connectivity index (χ0) is 75.9. The van der Waals surface area contributed by atoms with Crippen LogP contribution in [-0.4, -0.2) is 109 Å². The first-order valence-electron chi connectivity index (χ1n) is 28.0. The van der Waals surface area contributed by atoms with Crippen LogP contribution in [0.1, 0.15) is 0 Å². The Labute approximate surface area is 658 Å². The summed E-state index contributed by atoms with van der Waals surface area (Å²) in [5.74, 6) is -2.13. The summed E-state index contributed by atoms with van der Waals surface area (Å²) in [6, 6.07) is 33.0. The molecular formula is C60H38Li4N10O26S8. The van der Waals surface area contributed by atoms with Crippen LogP contribution in [0.2, 0.25) is 0 Å². The average Bonchev–Trinajstić information content (AvgIpc) is 0.755. The minimum atomic E-state index is -5.25. The number of aromatic hydroxyl groups is 1. The van der Waals surface area contributed by atoms with Gasteiger partial charge in [0.1, 0.15) is 55.6 Å².